The molecule has 7 heteroatoms. The van der Waals surface area contributed by atoms with Gasteiger partial charge in [-0.1, -0.05) is 24.3 Å². The number of guanidine groups is 1. The van der Waals surface area contributed by atoms with Gasteiger partial charge in [0.15, 0.2) is 5.96 Å². The van der Waals surface area contributed by atoms with Crippen molar-refractivity contribution in [3.8, 4) is 0 Å². The minimum absolute atomic E-state index is 0. The Balaban J connectivity index is 0.00000300. The molecule has 0 saturated carbocycles. The second-order valence-corrected chi connectivity index (χ2v) is 8.38. The monoisotopic (exact) mass is 523 g/mol. The van der Waals surface area contributed by atoms with Crippen molar-refractivity contribution >= 4 is 41.3 Å². The van der Waals surface area contributed by atoms with Crippen LogP contribution in [0, 0.1) is 6.92 Å². The van der Waals surface area contributed by atoms with Gasteiger partial charge >= 0.3 is 0 Å². The minimum Gasteiger partial charge on any atom is -0.357 e. The average Bonchev–Trinajstić information content (AvgIpc) is 3.32. The number of aliphatic imine (C=N–C) groups is 1. The molecule has 0 aliphatic heterocycles. The van der Waals surface area contributed by atoms with Gasteiger partial charge in [-0.15, -0.1) is 35.3 Å². The number of thiophene rings is 1. The Morgan fingerprint density at radius 2 is 2.07 bits per heavy atom. The van der Waals surface area contributed by atoms with Crippen LogP contribution in [0.1, 0.15) is 34.7 Å². The summed E-state index contributed by atoms with van der Waals surface area (Å²) in [6, 6.07) is 13.3. The maximum absolute atomic E-state index is 4.79. The molecule has 0 spiro atoms. The summed E-state index contributed by atoms with van der Waals surface area (Å²) >= 11 is 1.86. The van der Waals surface area contributed by atoms with Gasteiger partial charge in [0.05, 0.1) is 12.9 Å². The van der Waals surface area contributed by atoms with Crippen LogP contribution in [-0.4, -0.2) is 28.1 Å². The number of rotatable bonds is 8. The molecule has 2 aromatic heterocycles. The largest absolute Gasteiger partial charge is 0.357 e. The third-order valence-electron chi connectivity index (χ3n) is 4.37. The molecule has 0 aliphatic rings. The van der Waals surface area contributed by atoms with Gasteiger partial charge in [-0.05, 0) is 44.0 Å². The number of aryl methyl sites for hydroxylation is 1. The van der Waals surface area contributed by atoms with E-state index < -0.39 is 0 Å². The summed E-state index contributed by atoms with van der Waals surface area (Å²) in [7, 11) is 0. The lowest BCUT2D eigenvalue weighted by atomic mass is 10.1. The quantitative estimate of drug-likeness (QED) is 0.258. The van der Waals surface area contributed by atoms with E-state index >= 15 is 0 Å². The van der Waals surface area contributed by atoms with E-state index in [0.29, 0.717) is 12.6 Å². The Morgan fingerprint density at radius 3 is 2.76 bits per heavy atom. The van der Waals surface area contributed by atoms with Crippen molar-refractivity contribution in [3.63, 3.8) is 0 Å². The van der Waals surface area contributed by atoms with Gasteiger partial charge in [0, 0.05) is 47.7 Å². The van der Waals surface area contributed by atoms with Crippen molar-refractivity contribution in [1.82, 2.24) is 20.2 Å². The molecular weight excluding hydrogens is 493 g/mol. The van der Waals surface area contributed by atoms with Crippen LogP contribution >= 0.6 is 35.3 Å². The van der Waals surface area contributed by atoms with Crippen LogP contribution in [0.5, 0.6) is 0 Å². The van der Waals surface area contributed by atoms with E-state index in [2.05, 4.69) is 77.4 Å². The Bertz CT molecular complexity index is 888. The lowest BCUT2D eigenvalue weighted by molar-refractivity contribution is 0.645. The summed E-state index contributed by atoms with van der Waals surface area (Å²) in [6.07, 6.45) is 6.63. The molecule has 0 saturated heterocycles. The topological polar surface area (TPSA) is 54.2 Å². The van der Waals surface area contributed by atoms with Gasteiger partial charge in [-0.25, -0.2) is 9.98 Å². The predicted molar refractivity (Wildman–Crippen MR) is 133 cm³/mol. The van der Waals surface area contributed by atoms with Crippen LogP contribution in [0.4, 0.5) is 0 Å². The zero-order valence-corrected chi connectivity index (χ0v) is 20.4. The molecule has 0 fully saturated rings. The normalized spacial score (nSPS) is 12.3. The highest BCUT2D eigenvalue weighted by Gasteiger charge is 2.08. The Labute approximate surface area is 194 Å². The van der Waals surface area contributed by atoms with Crippen LogP contribution in [0.15, 0.2) is 60.1 Å². The highest BCUT2D eigenvalue weighted by atomic mass is 127. The van der Waals surface area contributed by atoms with Crippen molar-refractivity contribution in [2.75, 3.05) is 6.54 Å². The first-order valence-electron chi connectivity index (χ1n) is 9.76. The van der Waals surface area contributed by atoms with E-state index in [1.807, 2.05) is 23.9 Å². The van der Waals surface area contributed by atoms with Crippen molar-refractivity contribution in [2.45, 2.75) is 46.3 Å². The van der Waals surface area contributed by atoms with E-state index in [1.165, 1.54) is 20.9 Å². The number of halogens is 1. The zero-order chi connectivity index (χ0) is 19.8. The lowest BCUT2D eigenvalue weighted by Crippen LogP contribution is -2.43. The van der Waals surface area contributed by atoms with Crippen molar-refractivity contribution in [2.24, 2.45) is 4.99 Å². The number of hydrogen-bond donors (Lipinski definition) is 2. The molecule has 156 valence electrons. The van der Waals surface area contributed by atoms with E-state index in [0.717, 1.165) is 25.5 Å². The smallest absolute Gasteiger partial charge is 0.191 e. The molecule has 0 bridgehead atoms. The maximum Gasteiger partial charge on any atom is 0.191 e. The van der Waals surface area contributed by atoms with Crippen LogP contribution in [0.3, 0.4) is 0 Å². The Morgan fingerprint density at radius 1 is 1.24 bits per heavy atom. The Kier molecular flexibility index (Phi) is 9.66. The fraction of sp³-hybridized carbons (Fsp3) is 0.364. The van der Waals surface area contributed by atoms with E-state index in [4.69, 9.17) is 4.99 Å². The molecule has 0 amide bonds. The van der Waals surface area contributed by atoms with Crippen LogP contribution in [-0.2, 0) is 19.5 Å². The zero-order valence-electron chi connectivity index (χ0n) is 17.3. The van der Waals surface area contributed by atoms with Gasteiger partial charge < -0.3 is 15.2 Å². The number of hydrogen-bond acceptors (Lipinski definition) is 3. The standard InChI is InChI=1S/C22H29N5S.HI/c1-4-24-22(26-17(2)12-21-9-8-18(3)28-21)25-14-19-6-5-7-20(13-19)15-27-11-10-23-16-27;/h5-11,13,16-17H,4,12,14-15H2,1-3H3,(H2,24,25,26);1H. The SMILES string of the molecule is CCNC(=NCc1cccc(Cn2ccnc2)c1)NC(C)Cc1ccc(C)s1.I. The first-order valence-corrected chi connectivity index (χ1v) is 10.6. The fourth-order valence-electron chi connectivity index (χ4n) is 3.09. The van der Waals surface area contributed by atoms with Gasteiger partial charge in [0.1, 0.15) is 0 Å². The van der Waals surface area contributed by atoms with Crippen molar-refractivity contribution < 1.29 is 0 Å². The second-order valence-electron chi connectivity index (χ2n) is 7.01. The number of nitrogens with one attached hydrogen (secondary N) is 2. The summed E-state index contributed by atoms with van der Waals surface area (Å²) in [5.41, 5.74) is 2.46. The van der Waals surface area contributed by atoms with Gasteiger partial charge in [-0.2, -0.15) is 0 Å². The summed E-state index contributed by atoms with van der Waals surface area (Å²) in [6.45, 7) is 8.77. The third kappa shape index (κ3) is 7.81. The van der Waals surface area contributed by atoms with Gasteiger partial charge in [-0.3, -0.25) is 0 Å². The van der Waals surface area contributed by atoms with Crippen LogP contribution in [0.25, 0.3) is 0 Å². The Hall–Kier alpha value is -1.87. The van der Waals surface area contributed by atoms with Crippen molar-refractivity contribution in [1.29, 1.82) is 0 Å². The van der Waals surface area contributed by atoms with E-state index in [-0.39, 0.29) is 24.0 Å². The maximum atomic E-state index is 4.79. The van der Waals surface area contributed by atoms with Crippen LogP contribution < -0.4 is 10.6 Å². The summed E-state index contributed by atoms with van der Waals surface area (Å²) in [5.74, 6) is 0.864. The van der Waals surface area contributed by atoms with Gasteiger partial charge in [0.2, 0.25) is 0 Å². The molecule has 5 nitrogen and oxygen atoms in total. The first-order chi connectivity index (χ1) is 13.6. The second kappa shape index (κ2) is 12.0. The number of imidazole rings is 1. The van der Waals surface area contributed by atoms with E-state index in [9.17, 15) is 0 Å². The molecule has 3 aromatic rings. The number of nitrogens with zero attached hydrogens (tertiary/aromatic N) is 3. The molecule has 1 atom stereocenters. The minimum atomic E-state index is 0. The number of benzene rings is 1. The first kappa shape index (κ1) is 23.4. The molecule has 1 aromatic carbocycles. The highest BCUT2D eigenvalue weighted by molar-refractivity contribution is 14.0. The van der Waals surface area contributed by atoms with E-state index in [1.54, 1.807) is 6.20 Å². The lowest BCUT2D eigenvalue weighted by Gasteiger charge is -2.17. The average molecular weight is 523 g/mol. The van der Waals surface area contributed by atoms with Crippen molar-refractivity contribution in [3.05, 3.63) is 76.0 Å². The molecule has 1 unspecified atom stereocenters. The highest BCUT2D eigenvalue weighted by Crippen LogP contribution is 2.16. The summed E-state index contributed by atoms with van der Waals surface area (Å²) in [4.78, 5) is 11.7. The van der Waals surface area contributed by atoms with Gasteiger partial charge in [0.25, 0.3) is 0 Å². The molecule has 2 heterocycles. The molecule has 0 aliphatic carbocycles. The molecule has 2 N–H and O–H groups in total. The molecule has 3 rings (SSSR count). The number of aromatic nitrogens is 2. The fourth-order valence-corrected chi connectivity index (χ4v) is 4.11. The third-order valence-corrected chi connectivity index (χ3v) is 5.39. The molecular formula is C22H30IN5S. The molecule has 0 radical (unpaired) electrons. The summed E-state index contributed by atoms with van der Waals surface area (Å²) < 4.78 is 2.07. The molecule has 29 heavy (non-hydrogen) atoms. The van der Waals surface area contributed by atoms with Crippen LogP contribution in [0.2, 0.25) is 0 Å². The summed E-state index contributed by atoms with van der Waals surface area (Å²) in [5, 5.41) is 6.89. The predicted octanol–water partition coefficient (Wildman–Crippen LogP) is 4.61.